The van der Waals surface area contributed by atoms with Crippen LogP contribution in [0, 0.1) is 6.92 Å². The van der Waals surface area contributed by atoms with Crippen LogP contribution in [-0.2, 0) is 11.3 Å². The molecule has 1 unspecified atom stereocenters. The predicted octanol–water partition coefficient (Wildman–Crippen LogP) is 4.78. The van der Waals surface area contributed by atoms with E-state index in [0.29, 0.717) is 18.3 Å². The van der Waals surface area contributed by atoms with Gasteiger partial charge < -0.3 is 24.4 Å². The van der Waals surface area contributed by atoms with Gasteiger partial charge in [-0.05, 0) is 74.3 Å². The Balaban J connectivity index is 1.74. The van der Waals surface area contributed by atoms with E-state index in [1.54, 1.807) is 7.11 Å². The molecule has 1 N–H and O–H groups in total. The Morgan fingerprint density at radius 1 is 1.24 bits per heavy atom. The van der Waals surface area contributed by atoms with Gasteiger partial charge in [0.15, 0.2) is 5.11 Å². The molecule has 5 nitrogen and oxygen atoms in total. The fourth-order valence-electron chi connectivity index (χ4n) is 3.43. The first-order chi connectivity index (χ1) is 14.1. The fraction of sp³-hybridized carbons (Fsp3) is 0.435. The first kappa shape index (κ1) is 21.4. The molecule has 1 aliphatic rings. The predicted molar refractivity (Wildman–Crippen MR) is 121 cm³/mol. The molecule has 1 fully saturated rings. The average Bonchev–Trinajstić information content (AvgIpc) is 3.23. The number of ether oxygens (including phenoxy) is 3. The molecule has 156 valence electrons. The lowest BCUT2D eigenvalue weighted by molar-refractivity contribution is 0.0905. The van der Waals surface area contributed by atoms with Crippen molar-refractivity contribution in [2.75, 3.05) is 32.2 Å². The molecule has 1 aliphatic heterocycles. The monoisotopic (exact) mass is 414 g/mol. The molecule has 0 aromatic heterocycles. The van der Waals surface area contributed by atoms with Gasteiger partial charge in [-0.1, -0.05) is 18.2 Å². The quantitative estimate of drug-likeness (QED) is 0.627. The second kappa shape index (κ2) is 10.5. The Kier molecular flexibility index (Phi) is 7.72. The zero-order chi connectivity index (χ0) is 20.6. The van der Waals surface area contributed by atoms with Crippen LogP contribution in [0.3, 0.4) is 0 Å². The molecular weight excluding hydrogens is 384 g/mol. The summed E-state index contributed by atoms with van der Waals surface area (Å²) in [7, 11) is 1.67. The molecule has 2 aromatic carbocycles. The minimum Gasteiger partial charge on any atom is -0.495 e. The van der Waals surface area contributed by atoms with E-state index >= 15 is 0 Å². The van der Waals surface area contributed by atoms with Crippen molar-refractivity contribution in [1.82, 2.24) is 4.90 Å². The molecule has 0 bridgehead atoms. The number of anilines is 1. The van der Waals surface area contributed by atoms with Gasteiger partial charge in [0.2, 0.25) is 0 Å². The second-order valence-electron chi connectivity index (χ2n) is 7.23. The van der Waals surface area contributed by atoms with Crippen molar-refractivity contribution in [3.63, 3.8) is 0 Å². The minimum absolute atomic E-state index is 0.206. The van der Waals surface area contributed by atoms with E-state index in [-0.39, 0.29) is 6.10 Å². The number of aryl methyl sites for hydroxylation is 1. The molecule has 0 amide bonds. The van der Waals surface area contributed by atoms with Crippen LogP contribution < -0.4 is 14.8 Å². The number of methoxy groups -OCH3 is 1. The summed E-state index contributed by atoms with van der Waals surface area (Å²) >= 11 is 5.78. The first-order valence-corrected chi connectivity index (χ1v) is 10.5. The molecule has 2 aromatic rings. The minimum atomic E-state index is 0.206. The standard InChI is InChI=1S/C23H30N2O3S/c1-4-27-19-10-8-18(9-11-19)15-25(16-20-6-5-13-28-20)23(29)24-21-12-7-17(2)14-22(21)26-3/h7-12,14,20H,4-6,13,15-16H2,1-3H3,(H,24,29). The molecular formula is C23H30N2O3S. The number of nitrogens with zero attached hydrogens (tertiary/aromatic N) is 1. The lowest BCUT2D eigenvalue weighted by atomic mass is 10.1. The summed E-state index contributed by atoms with van der Waals surface area (Å²) in [5.41, 5.74) is 3.18. The summed E-state index contributed by atoms with van der Waals surface area (Å²) in [6.07, 6.45) is 2.38. The Hall–Kier alpha value is -2.31. The highest BCUT2D eigenvalue weighted by Crippen LogP contribution is 2.26. The van der Waals surface area contributed by atoms with Crippen molar-refractivity contribution in [2.24, 2.45) is 0 Å². The van der Waals surface area contributed by atoms with Gasteiger partial charge in [0.1, 0.15) is 11.5 Å². The molecule has 0 saturated carbocycles. The van der Waals surface area contributed by atoms with E-state index in [1.807, 2.05) is 44.2 Å². The molecule has 6 heteroatoms. The van der Waals surface area contributed by atoms with Gasteiger partial charge in [0.25, 0.3) is 0 Å². The maximum atomic E-state index is 5.86. The van der Waals surface area contributed by atoms with Crippen molar-refractivity contribution in [1.29, 1.82) is 0 Å². The average molecular weight is 415 g/mol. The van der Waals surface area contributed by atoms with Crippen LogP contribution in [0.2, 0.25) is 0 Å². The normalized spacial score (nSPS) is 15.8. The van der Waals surface area contributed by atoms with Crippen molar-refractivity contribution >= 4 is 23.0 Å². The molecule has 29 heavy (non-hydrogen) atoms. The van der Waals surface area contributed by atoms with Crippen molar-refractivity contribution in [3.05, 3.63) is 53.6 Å². The SMILES string of the molecule is CCOc1ccc(CN(CC2CCCO2)C(=S)Nc2ccc(C)cc2OC)cc1. The molecule has 1 atom stereocenters. The number of hydrogen-bond donors (Lipinski definition) is 1. The van der Waals surface area contributed by atoms with E-state index in [4.69, 9.17) is 26.4 Å². The van der Waals surface area contributed by atoms with Crippen LogP contribution in [0.1, 0.15) is 30.9 Å². The van der Waals surface area contributed by atoms with Crippen LogP contribution in [0.15, 0.2) is 42.5 Å². The maximum absolute atomic E-state index is 5.86. The van der Waals surface area contributed by atoms with E-state index < -0.39 is 0 Å². The molecule has 3 rings (SSSR count). The lowest BCUT2D eigenvalue weighted by Crippen LogP contribution is -2.39. The van der Waals surface area contributed by atoms with E-state index in [9.17, 15) is 0 Å². The van der Waals surface area contributed by atoms with Crippen LogP contribution in [0.4, 0.5) is 5.69 Å². The van der Waals surface area contributed by atoms with E-state index in [2.05, 4.69) is 22.3 Å². The number of thiocarbonyl (C=S) groups is 1. The zero-order valence-corrected chi connectivity index (χ0v) is 18.3. The number of rotatable bonds is 8. The number of benzene rings is 2. The van der Waals surface area contributed by atoms with Crippen molar-refractivity contribution in [3.8, 4) is 11.5 Å². The van der Waals surface area contributed by atoms with Crippen molar-refractivity contribution < 1.29 is 14.2 Å². The fourth-order valence-corrected chi connectivity index (χ4v) is 3.68. The Morgan fingerprint density at radius 3 is 2.69 bits per heavy atom. The van der Waals surface area contributed by atoms with Gasteiger partial charge in [0.05, 0.1) is 25.5 Å². The van der Waals surface area contributed by atoms with Gasteiger partial charge >= 0.3 is 0 Å². The first-order valence-electron chi connectivity index (χ1n) is 10.1. The molecule has 0 radical (unpaired) electrons. The third-order valence-electron chi connectivity index (χ3n) is 4.94. The van der Waals surface area contributed by atoms with Gasteiger partial charge in [-0.3, -0.25) is 0 Å². The lowest BCUT2D eigenvalue weighted by Gasteiger charge is -2.29. The van der Waals surface area contributed by atoms with E-state index in [0.717, 1.165) is 48.7 Å². The Labute approximate surface area is 179 Å². The summed E-state index contributed by atoms with van der Waals surface area (Å²) in [6, 6.07) is 14.2. The third kappa shape index (κ3) is 6.08. The van der Waals surface area contributed by atoms with E-state index in [1.165, 1.54) is 5.56 Å². The summed E-state index contributed by atoms with van der Waals surface area (Å²) < 4.78 is 16.9. The highest BCUT2D eigenvalue weighted by Gasteiger charge is 2.22. The largest absolute Gasteiger partial charge is 0.495 e. The summed E-state index contributed by atoms with van der Waals surface area (Å²) in [5, 5.41) is 4.03. The highest BCUT2D eigenvalue weighted by atomic mass is 32.1. The van der Waals surface area contributed by atoms with Gasteiger partial charge in [0, 0.05) is 19.7 Å². The highest BCUT2D eigenvalue weighted by molar-refractivity contribution is 7.80. The Bertz CT molecular complexity index is 804. The van der Waals surface area contributed by atoms with Crippen LogP contribution in [0.25, 0.3) is 0 Å². The zero-order valence-electron chi connectivity index (χ0n) is 17.4. The molecule has 0 aliphatic carbocycles. The van der Waals surface area contributed by atoms with Gasteiger partial charge in [-0.2, -0.15) is 0 Å². The van der Waals surface area contributed by atoms with Crippen LogP contribution in [-0.4, -0.2) is 43.0 Å². The summed E-state index contributed by atoms with van der Waals surface area (Å²) in [6.45, 7) is 6.98. The summed E-state index contributed by atoms with van der Waals surface area (Å²) in [4.78, 5) is 2.17. The van der Waals surface area contributed by atoms with Crippen LogP contribution in [0.5, 0.6) is 11.5 Å². The second-order valence-corrected chi connectivity index (χ2v) is 7.61. The molecule has 1 heterocycles. The number of hydrogen-bond acceptors (Lipinski definition) is 4. The molecule has 1 saturated heterocycles. The third-order valence-corrected chi connectivity index (χ3v) is 5.30. The topological polar surface area (TPSA) is 43.0 Å². The number of nitrogens with one attached hydrogen (secondary N) is 1. The maximum Gasteiger partial charge on any atom is 0.173 e. The Morgan fingerprint density at radius 2 is 2.03 bits per heavy atom. The summed E-state index contributed by atoms with van der Waals surface area (Å²) in [5.74, 6) is 1.66. The van der Waals surface area contributed by atoms with Gasteiger partial charge in [-0.15, -0.1) is 0 Å². The molecule has 0 spiro atoms. The van der Waals surface area contributed by atoms with Crippen molar-refractivity contribution in [2.45, 2.75) is 39.3 Å². The van der Waals surface area contributed by atoms with Gasteiger partial charge in [-0.25, -0.2) is 0 Å². The van der Waals surface area contributed by atoms with Crippen LogP contribution >= 0.6 is 12.2 Å². The smallest absolute Gasteiger partial charge is 0.173 e.